The highest BCUT2D eigenvalue weighted by Crippen LogP contribution is 2.33. The first-order valence-electron chi connectivity index (χ1n) is 11.1. The molecule has 0 radical (unpaired) electrons. The van der Waals surface area contributed by atoms with E-state index in [4.69, 9.17) is 9.88 Å². The van der Waals surface area contributed by atoms with Crippen molar-refractivity contribution in [2.75, 3.05) is 31.6 Å². The van der Waals surface area contributed by atoms with Crippen LogP contribution >= 0.6 is 11.3 Å². The van der Waals surface area contributed by atoms with Gasteiger partial charge in [-0.2, -0.15) is 0 Å². The molecule has 1 aromatic carbocycles. The monoisotopic (exact) mass is 558 g/mol. The number of ether oxygens (including phenoxy) is 1. The number of rotatable bonds is 7. The number of nitrogens with zero attached hydrogens (tertiary/aromatic N) is 2. The normalized spacial score (nSPS) is 15.9. The third-order valence-corrected chi connectivity index (χ3v) is 8.53. The first-order valence-corrected chi connectivity index (χ1v) is 15.6. The molecule has 3 N–H and O–H groups in total. The van der Waals surface area contributed by atoms with Crippen molar-refractivity contribution in [3.05, 3.63) is 34.8 Å². The molecule has 2 amide bonds. The maximum Gasteiger partial charge on any atom is 0.410 e. The molecule has 14 heteroatoms. The average Bonchev–Trinajstić information content (AvgIpc) is 3.13. The van der Waals surface area contributed by atoms with Crippen LogP contribution in [0.15, 0.2) is 24.3 Å². The lowest BCUT2D eigenvalue weighted by Gasteiger charge is -2.29. The molecule has 2 aromatic rings. The van der Waals surface area contributed by atoms with Crippen LogP contribution in [-0.4, -0.2) is 76.0 Å². The van der Waals surface area contributed by atoms with Gasteiger partial charge in [0, 0.05) is 25.9 Å². The van der Waals surface area contributed by atoms with Crippen LogP contribution < -0.4 is 10.5 Å². The van der Waals surface area contributed by atoms with Crippen molar-refractivity contribution >= 4 is 59.0 Å². The lowest BCUT2D eigenvalue weighted by molar-refractivity contribution is -0.120. The van der Waals surface area contributed by atoms with Crippen molar-refractivity contribution in [1.82, 2.24) is 15.2 Å². The summed E-state index contributed by atoms with van der Waals surface area (Å²) >= 11 is 1.08. The number of hydrogen-bond acceptors (Lipinski definition) is 9. The number of nitrogens with two attached hydrogens (primary N) is 1. The van der Waals surface area contributed by atoms with E-state index in [9.17, 15) is 26.4 Å². The quantitative estimate of drug-likeness (QED) is 0.519. The van der Waals surface area contributed by atoms with Gasteiger partial charge in [0.2, 0.25) is 15.9 Å². The molecule has 1 atom stereocenters. The molecule has 198 valence electrons. The molecule has 0 fully saturated rings. The number of benzene rings is 1. The molecule has 1 aliphatic heterocycles. The number of primary sulfonamides is 1. The van der Waals surface area contributed by atoms with Crippen LogP contribution in [0.5, 0.6) is 0 Å². The molecule has 0 aliphatic carbocycles. The summed E-state index contributed by atoms with van der Waals surface area (Å²) in [7, 11) is -7.70. The van der Waals surface area contributed by atoms with Crippen molar-refractivity contribution in [1.29, 1.82) is 0 Å². The Morgan fingerprint density at radius 1 is 1.25 bits per heavy atom. The molecular weight excluding hydrogens is 528 g/mol. The Morgan fingerprint density at radius 2 is 1.94 bits per heavy atom. The minimum Gasteiger partial charge on any atom is -0.444 e. The van der Waals surface area contributed by atoms with E-state index < -0.39 is 42.4 Å². The summed E-state index contributed by atoms with van der Waals surface area (Å²) < 4.78 is 53.1. The number of sulfone groups is 1. The number of sulfonamides is 1. The van der Waals surface area contributed by atoms with Crippen LogP contribution in [0.2, 0.25) is 0 Å². The maximum absolute atomic E-state index is 12.6. The molecule has 1 aromatic heterocycles. The zero-order valence-electron chi connectivity index (χ0n) is 20.5. The molecule has 2 heterocycles. The van der Waals surface area contributed by atoms with E-state index in [2.05, 4.69) is 10.3 Å². The highest BCUT2D eigenvalue weighted by atomic mass is 32.2. The Kier molecular flexibility index (Phi) is 8.13. The van der Waals surface area contributed by atoms with E-state index in [1.807, 2.05) is 45.0 Å². The number of carbonyl (C=O) groups is 2. The average molecular weight is 559 g/mol. The minimum absolute atomic E-state index is 0.0893. The molecule has 0 saturated heterocycles. The van der Waals surface area contributed by atoms with Gasteiger partial charge in [-0.3, -0.25) is 4.79 Å². The topological polar surface area (TPSA) is 166 Å². The van der Waals surface area contributed by atoms with Gasteiger partial charge >= 0.3 is 6.09 Å². The molecule has 1 unspecified atom stereocenters. The van der Waals surface area contributed by atoms with Crippen LogP contribution in [-0.2, 0) is 29.4 Å². The Hall–Kier alpha value is -2.55. The first-order chi connectivity index (χ1) is 16.5. The number of hydrogen-bond donors (Lipinski definition) is 2. The lowest BCUT2D eigenvalue weighted by atomic mass is 9.99. The van der Waals surface area contributed by atoms with Crippen LogP contribution in [0.3, 0.4) is 0 Å². The maximum atomic E-state index is 12.6. The van der Waals surface area contributed by atoms with E-state index in [0.29, 0.717) is 29.7 Å². The Bertz CT molecular complexity index is 1410. The van der Waals surface area contributed by atoms with E-state index in [-0.39, 0.29) is 17.6 Å². The first kappa shape index (κ1) is 28.0. The fraction of sp³-hybridized carbons (Fsp3) is 0.500. The van der Waals surface area contributed by atoms with E-state index >= 15 is 0 Å². The van der Waals surface area contributed by atoms with Gasteiger partial charge in [0.15, 0.2) is 15.1 Å². The smallest absolute Gasteiger partial charge is 0.410 e. The van der Waals surface area contributed by atoms with Gasteiger partial charge in [-0.05, 0) is 50.5 Å². The third kappa shape index (κ3) is 7.48. The van der Waals surface area contributed by atoms with E-state index in [1.165, 1.54) is 0 Å². The second-order valence-electron chi connectivity index (χ2n) is 9.51. The van der Waals surface area contributed by atoms with Gasteiger partial charge in [0.1, 0.15) is 10.6 Å². The summed E-state index contributed by atoms with van der Waals surface area (Å²) in [5, 5.41) is 5.76. The largest absolute Gasteiger partial charge is 0.444 e. The fourth-order valence-electron chi connectivity index (χ4n) is 3.58. The van der Waals surface area contributed by atoms with Gasteiger partial charge in [0.25, 0.3) is 0 Å². The summed E-state index contributed by atoms with van der Waals surface area (Å²) in [5.74, 6) is -1.38. The molecular formula is C22H30N4O7S3. The predicted octanol–water partition coefficient (Wildman–Crippen LogP) is 1.81. The molecule has 11 nitrogen and oxygen atoms in total. The van der Waals surface area contributed by atoms with Gasteiger partial charge in [-0.25, -0.2) is 31.8 Å². The molecule has 0 spiro atoms. The highest BCUT2D eigenvalue weighted by Gasteiger charge is 2.34. The summed E-state index contributed by atoms with van der Waals surface area (Å²) in [6, 6.07) is 5.52. The van der Waals surface area contributed by atoms with Crippen molar-refractivity contribution in [2.45, 2.75) is 38.0 Å². The predicted molar refractivity (Wildman–Crippen MR) is 139 cm³/mol. The summed E-state index contributed by atoms with van der Waals surface area (Å²) in [6.45, 7) is 6.03. The van der Waals surface area contributed by atoms with Crippen molar-refractivity contribution in [3.63, 3.8) is 0 Å². The van der Waals surface area contributed by atoms with Gasteiger partial charge in [-0.15, -0.1) is 11.3 Å². The zero-order valence-corrected chi connectivity index (χ0v) is 22.9. The minimum atomic E-state index is -3.89. The van der Waals surface area contributed by atoms with Crippen LogP contribution in [0, 0.1) is 0 Å². The Balaban J connectivity index is 1.80. The second kappa shape index (κ2) is 10.4. The van der Waals surface area contributed by atoms with Gasteiger partial charge < -0.3 is 15.0 Å². The van der Waals surface area contributed by atoms with Crippen LogP contribution in [0.1, 0.15) is 43.0 Å². The fourth-order valence-corrected chi connectivity index (χ4v) is 6.45. The Labute approximate surface area is 214 Å². The number of carbonyl (C=O) groups excluding carboxylic acids is 2. The van der Waals surface area contributed by atoms with Crippen molar-refractivity contribution in [2.24, 2.45) is 5.14 Å². The van der Waals surface area contributed by atoms with Gasteiger partial charge in [-0.1, -0.05) is 12.1 Å². The second-order valence-corrected chi connectivity index (χ2v) is 14.4. The number of aromatic nitrogens is 1. The molecule has 0 saturated carbocycles. The lowest BCUT2D eigenvalue weighted by Crippen LogP contribution is -2.39. The summed E-state index contributed by atoms with van der Waals surface area (Å²) in [5.41, 5.74) is 1.87. The van der Waals surface area contributed by atoms with Crippen molar-refractivity contribution < 1.29 is 31.2 Å². The molecule has 1 aliphatic rings. The number of thiazole rings is 1. The Morgan fingerprint density at radius 3 is 2.50 bits per heavy atom. The molecule has 0 bridgehead atoms. The van der Waals surface area contributed by atoms with E-state index in [0.717, 1.165) is 28.7 Å². The van der Waals surface area contributed by atoms with Crippen LogP contribution in [0.4, 0.5) is 4.79 Å². The molecule has 36 heavy (non-hydrogen) atoms. The number of fused-ring (bicyclic) bond motifs is 1. The highest BCUT2D eigenvalue weighted by molar-refractivity contribution is 7.91. The standard InChI is InChI=1S/C22H30N4O7S3/c1-22(2,3)33-21(28)26-10-7-14(8-11-26)15-5-6-17-16(13-15)25-20(34-17)18(35(4,29)30)19(27)24-9-12-36(23,31)32/h5-7,13,18H,8-12H2,1-4H3,(H,24,27)(H2,23,31,32). The van der Waals surface area contributed by atoms with Gasteiger partial charge in [0.05, 0.1) is 16.0 Å². The zero-order chi connectivity index (χ0) is 26.9. The summed E-state index contributed by atoms with van der Waals surface area (Å²) in [6.07, 6.45) is 3.12. The third-order valence-electron chi connectivity index (χ3n) is 5.21. The molecule has 3 rings (SSSR count). The van der Waals surface area contributed by atoms with Crippen molar-refractivity contribution in [3.8, 4) is 0 Å². The van der Waals surface area contributed by atoms with E-state index in [1.54, 1.807) is 4.90 Å². The number of amides is 2. The summed E-state index contributed by atoms with van der Waals surface area (Å²) in [4.78, 5) is 31.0. The SMILES string of the molecule is CC(C)(C)OC(=O)N1CC=C(c2ccc3sc(C(C(=O)NCCS(N)(=O)=O)S(C)(=O)=O)nc3c2)CC1. The van der Waals surface area contributed by atoms with Crippen LogP contribution in [0.25, 0.3) is 15.8 Å². The number of nitrogens with one attached hydrogen (secondary N) is 1.